The molecule has 0 atom stereocenters. The summed E-state index contributed by atoms with van der Waals surface area (Å²) in [5.74, 6) is 0.600. The summed E-state index contributed by atoms with van der Waals surface area (Å²) >= 11 is 0. The van der Waals surface area contributed by atoms with E-state index < -0.39 is 0 Å². The van der Waals surface area contributed by atoms with Crippen LogP contribution in [0.15, 0.2) is 30.3 Å². The maximum absolute atomic E-state index is 12.2. The second-order valence-electron chi connectivity index (χ2n) is 6.02. The highest BCUT2D eigenvalue weighted by Crippen LogP contribution is 2.39. The largest absolute Gasteiger partial charge is 0.493 e. The van der Waals surface area contributed by atoms with Gasteiger partial charge in [0, 0.05) is 23.4 Å². The van der Waals surface area contributed by atoms with Crippen LogP contribution in [-0.2, 0) is 4.79 Å². The van der Waals surface area contributed by atoms with Crippen molar-refractivity contribution in [3.63, 3.8) is 0 Å². The van der Waals surface area contributed by atoms with Crippen molar-refractivity contribution in [2.75, 3.05) is 33.2 Å². The Hall–Kier alpha value is -3.22. The van der Waals surface area contributed by atoms with E-state index in [1.807, 2.05) is 19.9 Å². The summed E-state index contributed by atoms with van der Waals surface area (Å²) in [6, 6.07) is 8.77. The van der Waals surface area contributed by atoms with Crippen LogP contribution in [0.1, 0.15) is 21.5 Å². The quantitative estimate of drug-likeness (QED) is 0.780. The van der Waals surface area contributed by atoms with Gasteiger partial charge in [-0.2, -0.15) is 0 Å². The molecule has 7 heteroatoms. The number of rotatable bonds is 7. The van der Waals surface area contributed by atoms with Crippen molar-refractivity contribution in [1.29, 1.82) is 0 Å². The number of anilines is 1. The third-order valence-corrected chi connectivity index (χ3v) is 3.84. The molecule has 0 radical (unpaired) electrons. The first-order chi connectivity index (χ1) is 12.9. The Bertz CT molecular complexity index is 803. The fourth-order valence-corrected chi connectivity index (χ4v) is 2.73. The molecule has 27 heavy (non-hydrogen) atoms. The van der Waals surface area contributed by atoms with Gasteiger partial charge in [0.15, 0.2) is 11.5 Å². The lowest BCUT2D eigenvalue weighted by Gasteiger charge is -2.14. The van der Waals surface area contributed by atoms with Gasteiger partial charge in [0.25, 0.3) is 5.91 Å². The van der Waals surface area contributed by atoms with Crippen molar-refractivity contribution in [2.45, 2.75) is 13.8 Å². The highest BCUT2D eigenvalue weighted by molar-refractivity contribution is 5.99. The van der Waals surface area contributed by atoms with E-state index in [1.165, 1.54) is 21.3 Å². The van der Waals surface area contributed by atoms with Gasteiger partial charge in [-0.25, -0.2) is 0 Å². The minimum Gasteiger partial charge on any atom is -0.493 e. The predicted molar refractivity (Wildman–Crippen MR) is 103 cm³/mol. The number of hydrogen-bond acceptors (Lipinski definition) is 5. The molecule has 0 bridgehead atoms. The highest BCUT2D eigenvalue weighted by Gasteiger charge is 2.15. The van der Waals surface area contributed by atoms with Crippen LogP contribution in [-0.4, -0.2) is 39.7 Å². The number of aryl methyl sites for hydroxylation is 2. The Morgan fingerprint density at radius 1 is 0.852 bits per heavy atom. The van der Waals surface area contributed by atoms with E-state index in [0.717, 1.165) is 11.1 Å². The minimum absolute atomic E-state index is 0.164. The van der Waals surface area contributed by atoms with Gasteiger partial charge in [-0.3, -0.25) is 9.59 Å². The zero-order valence-electron chi connectivity index (χ0n) is 16.1. The molecule has 0 saturated carbocycles. The number of ether oxygens (including phenoxy) is 3. The molecule has 2 aromatic carbocycles. The smallest absolute Gasteiger partial charge is 0.251 e. The summed E-state index contributed by atoms with van der Waals surface area (Å²) in [6.45, 7) is 3.67. The van der Waals surface area contributed by atoms with Gasteiger partial charge in [0.1, 0.15) is 0 Å². The number of nitrogens with one attached hydrogen (secondary N) is 2. The Morgan fingerprint density at radius 2 is 1.41 bits per heavy atom. The van der Waals surface area contributed by atoms with Crippen LogP contribution in [0.3, 0.4) is 0 Å². The van der Waals surface area contributed by atoms with Gasteiger partial charge in [-0.1, -0.05) is 17.2 Å². The molecule has 0 saturated heterocycles. The fourth-order valence-electron chi connectivity index (χ4n) is 2.73. The molecular formula is C20H24N2O5. The lowest BCUT2D eigenvalue weighted by atomic mass is 10.1. The van der Waals surface area contributed by atoms with Crippen LogP contribution in [0, 0.1) is 13.8 Å². The zero-order chi connectivity index (χ0) is 20.0. The molecule has 0 heterocycles. The number of methoxy groups -OCH3 is 3. The first-order valence-corrected chi connectivity index (χ1v) is 8.34. The molecule has 0 aromatic heterocycles. The zero-order valence-corrected chi connectivity index (χ0v) is 16.1. The van der Waals surface area contributed by atoms with Gasteiger partial charge in [-0.15, -0.1) is 0 Å². The second kappa shape index (κ2) is 8.93. The van der Waals surface area contributed by atoms with Crippen LogP contribution < -0.4 is 24.8 Å². The Morgan fingerprint density at radius 3 is 1.89 bits per heavy atom. The molecule has 0 aliphatic carbocycles. The van der Waals surface area contributed by atoms with Gasteiger partial charge in [0.2, 0.25) is 11.7 Å². The summed E-state index contributed by atoms with van der Waals surface area (Å²) in [6.07, 6.45) is 0. The third-order valence-electron chi connectivity index (χ3n) is 3.84. The van der Waals surface area contributed by atoms with Crippen LogP contribution in [0.5, 0.6) is 17.2 Å². The SMILES string of the molecule is COc1cc(NC(=O)CNC(=O)c2cc(C)cc(C)c2)cc(OC)c1OC. The number of benzene rings is 2. The first kappa shape index (κ1) is 20.1. The standard InChI is InChI=1S/C20H24N2O5/c1-12-6-13(2)8-14(7-12)20(24)21-11-18(23)22-15-9-16(25-3)19(27-5)17(10-15)26-4/h6-10H,11H2,1-5H3,(H,21,24)(H,22,23). The topological polar surface area (TPSA) is 85.9 Å². The molecule has 0 fully saturated rings. The Labute approximate surface area is 158 Å². The second-order valence-corrected chi connectivity index (χ2v) is 6.02. The van der Waals surface area contributed by atoms with E-state index in [9.17, 15) is 9.59 Å². The van der Waals surface area contributed by atoms with E-state index in [-0.39, 0.29) is 18.4 Å². The monoisotopic (exact) mass is 372 g/mol. The average molecular weight is 372 g/mol. The van der Waals surface area contributed by atoms with Crippen molar-refractivity contribution in [1.82, 2.24) is 5.32 Å². The lowest BCUT2D eigenvalue weighted by molar-refractivity contribution is -0.115. The first-order valence-electron chi connectivity index (χ1n) is 8.34. The molecule has 2 rings (SSSR count). The minimum atomic E-state index is -0.373. The summed E-state index contributed by atoms with van der Waals surface area (Å²) in [5.41, 5.74) is 2.97. The number of carbonyl (C=O) groups is 2. The van der Waals surface area contributed by atoms with Crippen molar-refractivity contribution < 1.29 is 23.8 Å². The molecular weight excluding hydrogens is 348 g/mol. The van der Waals surface area contributed by atoms with E-state index in [2.05, 4.69) is 10.6 Å². The van der Waals surface area contributed by atoms with E-state index in [4.69, 9.17) is 14.2 Å². The number of amides is 2. The normalized spacial score (nSPS) is 10.1. The molecule has 0 unspecified atom stereocenters. The molecule has 2 amide bonds. The molecule has 7 nitrogen and oxygen atoms in total. The van der Waals surface area contributed by atoms with Gasteiger partial charge >= 0.3 is 0 Å². The van der Waals surface area contributed by atoms with E-state index in [1.54, 1.807) is 24.3 Å². The van der Waals surface area contributed by atoms with Gasteiger partial charge < -0.3 is 24.8 Å². The van der Waals surface area contributed by atoms with Crippen molar-refractivity contribution >= 4 is 17.5 Å². The Kier molecular flexibility index (Phi) is 6.65. The van der Waals surface area contributed by atoms with Crippen molar-refractivity contribution in [3.8, 4) is 17.2 Å². The summed E-state index contributed by atoms with van der Waals surface area (Å²) in [5, 5.41) is 5.32. The number of hydrogen-bond donors (Lipinski definition) is 2. The molecule has 0 spiro atoms. The summed E-state index contributed by atoms with van der Waals surface area (Å²) < 4.78 is 15.8. The Balaban J connectivity index is 2.04. The van der Waals surface area contributed by atoms with E-state index in [0.29, 0.717) is 28.5 Å². The average Bonchev–Trinajstić information content (AvgIpc) is 2.64. The summed E-state index contributed by atoms with van der Waals surface area (Å²) in [4.78, 5) is 24.4. The predicted octanol–water partition coefficient (Wildman–Crippen LogP) is 2.70. The van der Waals surface area contributed by atoms with Crippen LogP contribution in [0.2, 0.25) is 0 Å². The highest BCUT2D eigenvalue weighted by atomic mass is 16.5. The lowest BCUT2D eigenvalue weighted by Crippen LogP contribution is -2.32. The van der Waals surface area contributed by atoms with Gasteiger partial charge in [0.05, 0.1) is 27.9 Å². The van der Waals surface area contributed by atoms with Crippen LogP contribution in [0.25, 0.3) is 0 Å². The molecule has 2 aromatic rings. The maximum atomic E-state index is 12.2. The van der Waals surface area contributed by atoms with Gasteiger partial charge in [-0.05, 0) is 26.0 Å². The fraction of sp³-hybridized carbons (Fsp3) is 0.300. The third kappa shape index (κ3) is 5.13. The van der Waals surface area contributed by atoms with Crippen LogP contribution in [0.4, 0.5) is 5.69 Å². The summed E-state index contributed by atoms with van der Waals surface area (Å²) in [7, 11) is 4.49. The molecule has 2 N–H and O–H groups in total. The molecule has 0 aliphatic rings. The maximum Gasteiger partial charge on any atom is 0.251 e. The van der Waals surface area contributed by atoms with Crippen molar-refractivity contribution in [3.05, 3.63) is 47.0 Å². The number of carbonyl (C=O) groups excluding carboxylic acids is 2. The van der Waals surface area contributed by atoms with Crippen molar-refractivity contribution in [2.24, 2.45) is 0 Å². The molecule has 0 aliphatic heterocycles. The van der Waals surface area contributed by atoms with Crippen LogP contribution >= 0.6 is 0 Å². The van der Waals surface area contributed by atoms with E-state index >= 15 is 0 Å². The molecule has 144 valence electrons.